The van der Waals surface area contributed by atoms with Crippen LogP contribution in [0.4, 0.5) is 25.8 Å². The summed E-state index contributed by atoms with van der Waals surface area (Å²) >= 11 is 0. The second-order valence-corrected chi connectivity index (χ2v) is 5.48. The van der Waals surface area contributed by atoms with Gasteiger partial charge in [-0.1, -0.05) is 18.2 Å². The molecule has 4 nitrogen and oxygen atoms in total. The largest absolute Gasteiger partial charge is 0.328 e. The van der Waals surface area contributed by atoms with Crippen LogP contribution in [0.15, 0.2) is 42.5 Å². The molecule has 1 N–H and O–H groups in total. The van der Waals surface area contributed by atoms with Crippen LogP contribution >= 0.6 is 0 Å². The molecule has 0 radical (unpaired) electrons. The highest BCUT2D eigenvalue weighted by atomic mass is 32.2. The minimum absolute atomic E-state index is 0.256. The molecule has 0 fully saturated rings. The summed E-state index contributed by atoms with van der Waals surface area (Å²) in [6, 6.07) is 9.71. The molecule has 0 saturated carbocycles. The van der Waals surface area contributed by atoms with E-state index < -0.39 is 21.8 Å². The third kappa shape index (κ3) is 1.74. The van der Waals surface area contributed by atoms with Gasteiger partial charge in [-0.25, -0.2) is 13.1 Å². The lowest BCUT2D eigenvalue weighted by molar-refractivity contribution is 0.510. The van der Waals surface area contributed by atoms with Gasteiger partial charge >= 0.3 is 10.2 Å². The van der Waals surface area contributed by atoms with Gasteiger partial charge in [0.25, 0.3) is 0 Å². The van der Waals surface area contributed by atoms with Crippen LogP contribution < -0.4 is 9.03 Å². The number of fused-ring (bicyclic) bond motifs is 1. The molecule has 0 spiro atoms. The number of nitrogens with zero attached hydrogens (tertiary/aromatic N) is 1. The second-order valence-electron chi connectivity index (χ2n) is 3.96. The number of anilines is 3. The summed E-state index contributed by atoms with van der Waals surface area (Å²) in [6.07, 6.45) is 0. The Morgan fingerprint density at radius 3 is 2.42 bits per heavy atom. The molecule has 1 aliphatic heterocycles. The van der Waals surface area contributed by atoms with Gasteiger partial charge < -0.3 is 0 Å². The van der Waals surface area contributed by atoms with Crippen LogP contribution in [0.1, 0.15) is 0 Å². The summed E-state index contributed by atoms with van der Waals surface area (Å²) in [5.74, 6) is -2.30. The van der Waals surface area contributed by atoms with Crippen molar-refractivity contribution in [2.45, 2.75) is 0 Å². The fraction of sp³-hybridized carbons (Fsp3) is 0. The number of rotatable bonds is 1. The Bertz CT molecular complexity index is 762. The van der Waals surface area contributed by atoms with Crippen molar-refractivity contribution in [3.05, 3.63) is 54.1 Å². The maximum absolute atomic E-state index is 13.8. The summed E-state index contributed by atoms with van der Waals surface area (Å²) < 4.78 is 54.1. The molecule has 1 aliphatic rings. The first-order valence-electron chi connectivity index (χ1n) is 5.37. The molecule has 2 aromatic rings. The molecule has 1 heterocycles. The minimum Gasteiger partial charge on any atom is -0.264 e. The van der Waals surface area contributed by atoms with Gasteiger partial charge in [0, 0.05) is 0 Å². The van der Waals surface area contributed by atoms with Crippen molar-refractivity contribution in [3.8, 4) is 0 Å². The molecule has 0 atom stereocenters. The summed E-state index contributed by atoms with van der Waals surface area (Å²) in [7, 11) is -3.96. The van der Waals surface area contributed by atoms with E-state index in [0.29, 0.717) is 5.69 Å². The Labute approximate surface area is 108 Å². The molecule has 0 saturated heterocycles. The summed E-state index contributed by atoms with van der Waals surface area (Å²) in [4.78, 5) is 0. The van der Waals surface area contributed by atoms with Crippen molar-refractivity contribution in [1.29, 1.82) is 0 Å². The maximum atomic E-state index is 13.8. The first-order chi connectivity index (χ1) is 9.00. The van der Waals surface area contributed by atoms with Gasteiger partial charge in [0.15, 0.2) is 11.6 Å². The highest BCUT2D eigenvalue weighted by Crippen LogP contribution is 2.41. The molecule has 0 amide bonds. The zero-order valence-electron chi connectivity index (χ0n) is 9.47. The van der Waals surface area contributed by atoms with Crippen LogP contribution in [0.5, 0.6) is 0 Å². The van der Waals surface area contributed by atoms with Gasteiger partial charge in [-0.05, 0) is 24.3 Å². The fourth-order valence-corrected chi connectivity index (χ4v) is 3.32. The smallest absolute Gasteiger partial charge is 0.264 e. The van der Waals surface area contributed by atoms with Crippen LogP contribution in [-0.4, -0.2) is 8.42 Å². The van der Waals surface area contributed by atoms with Crippen molar-refractivity contribution in [2.75, 3.05) is 9.03 Å². The molecule has 0 aliphatic carbocycles. The number of para-hydroxylation sites is 2. The van der Waals surface area contributed by atoms with Crippen molar-refractivity contribution in [1.82, 2.24) is 0 Å². The Morgan fingerprint density at radius 1 is 0.947 bits per heavy atom. The first kappa shape index (κ1) is 11.9. The van der Waals surface area contributed by atoms with E-state index in [9.17, 15) is 17.2 Å². The molecule has 0 aromatic heterocycles. The number of halogens is 2. The second kappa shape index (κ2) is 3.92. The topological polar surface area (TPSA) is 49.4 Å². The van der Waals surface area contributed by atoms with Gasteiger partial charge in [-0.2, -0.15) is 8.42 Å². The number of hydrogen-bond donors (Lipinski definition) is 1. The summed E-state index contributed by atoms with van der Waals surface area (Å²) in [5, 5.41) is 0. The number of hydrogen-bond acceptors (Lipinski definition) is 2. The molecule has 7 heteroatoms. The van der Waals surface area contributed by atoms with Crippen molar-refractivity contribution < 1.29 is 17.2 Å². The molecule has 2 aromatic carbocycles. The maximum Gasteiger partial charge on any atom is 0.328 e. The van der Waals surface area contributed by atoms with Crippen molar-refractivity contribution in [3.63, 3.8) is 0 Å². The van der Waals surface area contributed by atoms with Crippen LogP contribution in [0.2, 0.25) is 0 Å². The van der Waals surface area contributed by atoms with E-state index in [2.05, 4.69) is 4.72 Å². The standard InChI is InChI=1S/C12H8F2N2O2S/c13-8-4-3-7-11(12(8)14)16-10-6-2-1-5-9(10)15-19(16,17)18/h1-7,15H. The van der Waals surface area contributed by atoms with Gasteiger partial charge in [-0.15, -0.1) is 0 Å². The Kier molecular flexibility index (Phi) is 2.46. The van der Waals surface area contributed by atoms with Gasteiger partial charge in [0.05, 0.1) is 17.1 Å². The predicted molar refractivity (Wildman–Crippen MR) is 67.5 cm³/mol. The Hall–Kier alpha value is -2.15. The van der Waals surface area contributed by atoms with Gasteiger partial charge in [0.1, 0.15) is 0 Å². The van der Waals surface area contributed by atoms with E-state index in [-0.39, 0.29) is 11.4 Å². The highest BCUT2D eigenvalue weighted by molar-refractivity contribution is 7.95. The van der Waals surface area contributed by atoms with Crippen molar-refractivity contribution in [2.24, 2.45) is 0 Å². The molecule has 19 heavy (non-hydrogen) atoms. The van der Waals surface area contributed by atoms with E-state index in [4.69, 9.17) is 0 Å². The number of nitrogens with one attached hydrogen (secondary N) is 1. The fourth-order valence-electron chi connectivity index (χ4n) is 1.96. The normalized spacial score (nSPS) is 16.0. The van der Waals surface area contributed by atoms with E-state index in [1.54, 1.807) is 18.2 Å². The molecule has 0 unspecified atom stereocenters. The average Bonchev–Trinajstić information content (AvgIpc) is 2.63. The zero-order chi connectivity index (χ0) is 13.6. The molecule has 98 valence electrons. The van der Waals surface area contributed by atoms with Crippen molar-refractivity contribution >= 4 is 27.3 Å². The Morgan fingerprint density at radius 2 is 1.63 bits per heavy atom. The molecular formula is C12H8F2N2O2S. The van der Waals surface area contributed by atoms with E-state index in [0.717, 1.165) is 10.4 Å². The van der Waals surface area contributed by atoms with Crippen LogP contribution in [0, 0.1) is 11.6 Å². The zero-order valence-corrected chi connectivity index (χ0v) is 10.3. The minimum atomic E-state index is -3.96. The van der Waals surface area contributed by atoms with E-state index >= 15 is 0 Å². The third-order valence-corrected chi connectivity index (χ3v) is 4.10. The summed E-state index contributed by atoms with van der Waals surface area (Å²) in [6.45, 7) is 0. The van der Waals surface area contributed by atoms with Gasteiger partial charge in [0.2, 0.25) is 0 Å². The predicted octanol–water partition coefficient (Wildman–Crippen LogP) is 2.77. The lowest BCUT2D eigenvalue weighted by Gasteiger charge is -2.17. The average molecular weight is 282 g/mol. The van der Waals surface area contributed by atoms with E-state index in [1.165, 1.54) is 18.2 Å². The SMILES string of the molecule is O=S1(=O)Nc2ccccc2N1c1cccc(F)c1F. The highest BCUT2D eigenvalue weighted by Gasteiger charge is 2.35. The quantitative estimate of drug-likeness (QED) is 0.874. The van der Waals surface area contributed by atoms with Crippen LogP contribution in [0.3, 0.4) is 0 Å². The summed E-state index contributed by atoms with van der Waals surface area (Å²) in [5.41, 5.74) is 0.232. The Balaban J connectivity index is 2.27. The van der Waals surface area contributed by atoms with Crippen LogP contribution in [-0.2, 0) is 10.2 Å². The monoisotopic (exact) mass is 282 g/mol. The van der Waals surface area contributed by atoms with Gasteiger partial charge in [-0.3, -0.25) is 4.72 Å². The first-order valence-corrected chi connectivity index (χ1v) is 6.81. The van der Waals surface area contributed by atoms with Crippen LogP contribution in [0.25, 0.3) is 0 Å². The molecule has 0 bridgehead atoms. The molecule has 3 rings (SSSR count). The third-order valence-electron chi connectivity index (χ3n) is 2.75. The van der Waals surface area contributed by atoms with E-state index in [1.807, 2.05) is 0 Å². The number of benzene rings is 2. The lowest BCUT2D eigenvalue weighted by atomic mass is 10.2. The lowest BCUT2D eigenvalue weighted by Crippen LogP contribution is -2.26. The molecular weight excluding hydrogens is 274 g/mol.